The Hall–Kier alpha value is -1.95. The third kappa shape index (κ3) is 2.08. The Balaban J connectivity index is 2.23. The highest BCUT2D eigenvalue weighted by molar-refractivity contribution is 9.10. The minimum absolute atomic E-state index is 0.202. The lowest BCUT2D eigenvalue weighted by atomic mass is 10.2. The minimum atomic E-state index is -0.670. The molecule has 0 fully saturated rings. The highest BCUT2D eigenvalue weighted by atomic mass is 79.9. The van der Waals surface area contributed by atoms with Crippen LogP contribution >= 0.6 is 15.9 Å². The van der Waals surface area contributed by atoms with E-state index in [0.717, 1.165) is 10.5 Å². The molecule has 0 saturated carbocycles. The predicted molar refractivity (Wildman–Crippen MR) is 73.6 cm³/mol. The van der Waals surface area contributed by atoms with Gasteiger partial charge in [0, 0.05) is 10.5 Å². The average Bonchev–Trinajstić information content (AvgIpc) is 2.72. The summed E-state index contributed by atoms with van der Waals surface area (Å²) in [5.74, 6) is -0.978. The Morgan fingerprint density at radius 2 is 1.95 bits per heavy atom. The van der Waals surface area contributed by atoms with Gasteiger partial charge in [0.15, 0.2) is 0 Å². The molecular formula is C13H8BrF2N3. The van der Waals surface area contributed by atoms with E-state index < -0.39 is 11.6 Å². The Bertz CT molecular complexity index is 783. The van der Waals surface area contributed by atoms with E-state index in [-0.39, 0.29) is 5.56 Å². The van der Waals surface area contributed by atoms with Gasteiger partial charge >= 0.3 is 0 Å². The fourth-order valence-electron chi connectivity index (χ4n) is 1.92. The van der Waals surface area contributed by atoms with Gasteiger partial charge in [-0.15, -0.1) is 0 Å². The van der Waals surface area contributed by atoms with Crippen LogP contribution in [-0.4, -0.2) is 9.97 Å². The summed E-state index contributed by atoms with van der Waals surface area (Å²) in [5, 5.41) is 0. The van der Waals surface area contributed by atoms with E-state index in [1.54, 1.807) is 12.1 Å². The zero-order chi connectivity index (χ0) is 13.6. The van der Waals surface area contributed by atoms with Crippen molar-refractivity contribution in [1.29, 1.82) is 0 Å². The molecule has 0 amide bonds. The first-order valence-electron chi connectivity index (χ1n) is 5.45. The van der Waals surface area contributed by atoms with E-state index in [4.69, 9.17) is 5.73 Å². The van der Waals surface area contributed by atoms with Crippen LogP contribution in [0.5, 0.6) is 0 Å². The number of nitrogens with one attached hydrogen (secondary N) is 1. The molecule has 0 aliphatic rings. The van der Waals surface area contributed by atoms with Crippen molar-refractivity contribution < 1.29 is 8.78 Å². The third-order valence-electron chi connectivity index (χ3n) is 2.77. The van der Waals surface area contributed by atoms with E-state index in [2.05, 4.69) is 25.9 Å². The topological polar surface area (TPSA) is 54.7 Å². The van der Waals surface area contributed by atoms with Crippen molar-refractivity contribution in [3.63, 3.8) is 0 Å². The second-order valence-corrected chi connectivity index (χ2v) is 5.02. The molecule has 1 heterocycles. The molecule has 0 spiro atoms. The molecule has 0 bridgehead atoms. The molecule has 0 atom stereocenters. The summed E-state index contributed by atoms with van der Waals surface area (Å²) in [4.78, 5) is 7.22. The summed E-state index contributed by atoms with van der Waals surface area (Å²) in [6.45, 7) is 0. The number of hydrogen-bond donors (Lipinski definition) is 2. The van der Waals surface area contributed by atoms with Crippen molar-refractivity contribution in [2.75, 3.05) is 5.73 Å². The fourth-order valence-corrected chi connectivity index (χ4v) is 2.39. The van der Waals surface area contributed by atoms with Gasteiger partial charge in [-0.25, -0.2) is 13.8 Å². The molecule has 0 radical (unpaired) electrons. The van der Waals surface area contributed by atoms with E-state index in [1.807, 2.05) is 0 Å². The zero-order valence-electron chi connectivity index (χ0n) is 9.55. The largest absolute Gasteiger partial charge is 0.397 e. The number of aromatic amines is 1. The molecule has 2 aromatic carbocycles. The van der Waals surface area contributed by atoms with Crippen LogP contribution in [-0.2, 0) is 0 Å². The van der Waals surface area contributed by atoms with Crippen LogP contribution in [0.25, 0.3) is 22.4 Å². The lowest BCUT2D eigenvalue weighted by molar-refractivity contribution is 0.585. The molecule has 3 nitrogen and oxygen atoms in total. The highest BCUT2D eigenvalue weighted by Gasteiger charge is 2.12. The van der Waals surface area contributed by atoms with Gasteiger partial charge in [-0.1, -0.05) is 15.9 Å². The standard InChI is InChI=1S/C13H8BrF2N3/c14-6-3-10(17)12-11(4-6)18-13(19-12)8-2-1-7(15)5-9(8)16/h1-5H,17H2,(H,18,19). The summed E-state index contributed by atoms with van der Waals surface area (Å²) in [7, 11) is 0. The first kappa shape index (κ1) is 12.1. The molecule has 3 aromatic rings. The lowest BCUT2D eigenvalue weighted by Gasteiger charge is -1.98. The van der Waals surface area contributed by atoms with Crippen molar-refractivity contribution in [3.8, 4) is 11.4 Å². The molecule has 96 valence electrons. The lowest BCUT2D eigenvalue weighted by Crippen LogP contribution is -1.88. The Kier molecular flexibility index (Phi) is 2.74. The molecule has 0 saturated heterocycles. The van der Waals surface area contributed by atoms with Gasteiger partial charge in [0.25, 0.3) is 0 Å². The van der Waals surface area contributed by atoms with Crippen LogP contribution in [0.4, 0.5) is 14.5 Å². The molecule has 0 aliphatic carbocycles. The number of benzene rings is 2. The SMILES string of the molecule is Nc1cc(Br)cc2[nH]c(-c3ccc(F)cc3F)nc12. The highest BCUT2D eigenvalue weighted by Crippen LogP contribution is 2.28. The number of anilines is 1. The van der Waals surface area contributed by atoms with Crippen molar-refractivity contribution in [2.24, 2.45) is 0 Å². The van der Waals surface area contributed by atoms with Crippen LogP contribution in [0.3, 0.4) is 0 Å². The number of nitrogens with two attached hydrogens (primary N) is 1. The van der Waals surface area contributed by atoms with Crippen molar-refractivity contribution >= 4 is 32.7 Å². The first-order chi connectivity index (χ1) is 9.04. The molecule has 3 N–H and O–H groups in total. The van der Waals surface area contributed by atoms with Gasteiger partial charge in [-0.2, -0.15) is 0 Å². The van der Waals surface area contributed by atoms with Crippen LogP contribution < -0.4 is 5.73 Å². The summed E-state index contributed by atoms with van der Waals surface area (Å²) >= 11 is 3.32. The predicted octanol–water partition coefficient (Wildman–Crippen LogP) is 3.85. The number of imidazole rings is 1. The minimum Gasteiger partial charge on any atom is -0.397 e. The Labute approximate surface area is 115 Å². The molecule has 3 rings (SSSR count). The number of nitrogens with zero attached hydrogens (tertiary/aromatic N) is 1. The summed E-state index contributed by atoms with van der Waals surface area (Å²) in [6.07, 6.45) is 0. The van der Waals surface area contributed by atoms with Gasteiger partial charge < -0.3 is 10.7 Å². The van der Waals surface area contributed by atoms with Crippen LogP contribution in [0.1, 0.15) is 0 Å². The molecule has 0 aliphatic heterocycles. The smallest absolute Gasteiger partial charge is 0.141 e. The number of aromatic nitrogens is 2. The number of H-pyrrole nitrogens is 1. The van der Waals surface area contributed by atoms with Gasteiger partial charge in [0.2, 0.25) is 0 Å². The molecule has 19 heavy (non-hydrogen) atoms. The fraction of sp³-hybridized carbons (Fsp3) is 0. The molecule has 6 heteroatoms. The van der Waals surface area contributed by atoms with Gasteiger partial charge in [-0.3, -0.25) is 0 Å². The quantitative estimate of drug-likeness (QED) is 0.668. The summed E-state index contributed by atoms with van der Waals surface area (Å²) in [6, 6.07) is 6.86. The number of halogens is 3. The number of rotatable bonds is 1. The molecule has 0 unspecified atom stereocenters. The maximum Gasteiger partial charge on any atom is 0.141 e. The maximum atomic E-state index is 13.7. The monoisotopic (exact) mass is 323 g/mol. The van der Waals surface area contributed by atoms with Crippen LogP contribution in [0.2, 0.25) is 0 Å². The maximum absolute atomic E-state index is 13.7. The van der Waals surface area contributed by atoms with E-state index in [9.17, 15) is 8.78 Å². The van der Waals surface area contributed by atoms with Gasteiger partial charge in [0.1, 0.15) is 23.0 Å². The van der Waals surface area contributed by atoms with Crippen molar-refractivity contribution in [1.82, 2.24) is 9.97 Å². The first-order valence-corrected chi connectivity index (χ1v) is 6.24. The Morgan fingerprint density at radius 1 is 1.16 bits per heavy atom. The van der Waals surface area contributed by atoms with Crippen molar-refractivity contribution in [2.45, 2.75) is 0 Å². The van der Waals surface area contributed by atoms with Crippen LogP contribution in [0.15, 0.2) is 34.8 Å². The number of nitrogen functional groups attached to an aromatic ring is 1. The van der Waals surface area contributed by atoms with E-state index in [1.165, 1.54) is 12.1 Å². The molecular weight excluding hydrogens is 316 g/mol. The van der Waals surface area contributed by atoms with Crippen LogP contribution in [0, 0.1) is 11.6 Å². The van der Waals surface area contributed by atoms with E-state index in [0.29, 0.717) is 22.5 Å². The Morgan fingerprint density at radius 3 is 2.68 bits per heavy atom. The number of hydrogen-bond acceptors (Lipinski definition) is 2. The summed E-state index contributed by atoms with van der Waals surface area (Å²) in [5.41, 5.74) is 7.77. The van der Waals surface area contributed by atoms with Gasteiger partial charge in [-0.05, 0) is 24.3 Å². The second kappa shape index (κ2) is 4.31. The summed E-state index contributed by atoms with van der Waals surface area (Å²) < 4.78 is 27.4. The van der Waals surface area contributed by atoms with E-state index >= 15 is 0 Å². The molecule has 1 aromatic heterocycles. The normalized spacial score (nSPS) is 11.1. The zero-order valence-corrected chi connectivity index (χ0v) is 11.1. The van der Waals surface area contributed by atoms with Crippen molar-refractivity contribution in [3.05, 3.63) is 46.4 Å². The van der Waals surface area contributed by atoms with Gasteiger partial charge in [0.05, 0.1) is 16.8 Å². The second-order valence-electron chi connectivity index (χ2n) is 4.10. The average molecular weight is 324 g/mol. The number of fused-ring (bicyclic) bond motifs is 1. The third-order valence-corrected chi connectivity index (χ3v) is 3.22.